The van der Waals surface area contributed by atoms with Crippen LogP contribution in [0.5, 0.6) is 0 Å². The van der Waals surface area contributed by atoms with Crippen molar-refractivity contribution in [1.29, 1.82) is 0 Å². The molecule has 0 spiro atoms. The van der Waals surface area contributed by atoms with Crippen molar-refractivity contribution in [2.24, 2.45) is 0 Å². The summed E-state index contributed by atoms with van der Waals surface area (Å²) in [7, 11) is 0. The predicted molar refractivity (Wildman–Crippen MR) is 110 cm³/mol. The summed E-state index contributed by atoms with van der Waals surface area (Å²) in [5, 5.41) is 2.57. The minimum Gasteiger partial charge on any atom is -0.218 e. The van der Waals surface area contributed by atoms with Gasteiger partial charge in [0.1, 0.15) is 11.6 Å². The van der Waals surface area contributed by atoms with E-state index in [9.17, 15) is 0 Å². The molecule has 0 saturated carbocycles. The van der Waals surface area contributed by atoms with E-state index in [1.54, 1.807) is 0 Å². The Morgan fingerprint density at radius 3 is 2.11 bits per heavy atom. The fourth-order valence-electron chi connectivity index (χ4n) is 4.03. The maximum atomic E-state index is 4.76. The number of aromatic nitrogens is 3. The lowest BCUT2D eigenvalue weighted by atomic mass is 9.96. The summed E-state index contributed by atoms with van der Waals surface area (Å²) in [6, 6.07) is 19.7. The van der Waals surface area contributed by atoms with Crippen LogP contribution in [0.3, 0.4) is 0 Å². The van der Waals surface area contributed by atoms with Gasteiger partial charge < -0.3 is 0 Å². The van der Waals surface area contributed by atoms with Crippen molar-refractivity contribution in [1.82, 2.24) is 15.0 Å². The smallest absolute Gasteiger partial charge is 0.163 e. The van der Waals surface area contributed by atoms with Crippen LogP contribution < -0.4 is 0 Å². The lowest BCUT2D eigenvalue weighted by Crippen LogP contribution is -2.04. The van der Waals surface area contributed by atoms with E-state index in [4.69, 9.17) is 9.97 Å². The number of fused-ring (bicyclic) bond motifs is 4. The maximum absolute atomic E-state index is 4.76. The summed E-state index contributed by atoms with van der Waals surface area (Å²) in [4.78, 5) is 14.1. The quantitative estimate of drug-likeness (QED) is 0.437. The largest absolute Gasteiger partial charge is 0.218 e. The minimum atomic E-state index is 0.802. The number of benzene rings is 3. The van der Waals surface area contributed by atoms with Gasteiger partial charge in [0.25, 0.3) is 0 Å². The first-order valence-corrected chi connectivity index (χ1v) is 9.65. The molecule has 1 aliphatic rings. The minimum absolute atomic E-state index is 0.802. The van der Waals surface area contributed by atoms with Crippen LogP contribution in [0.1, 0.15) is 36.6 Å². The van der Waals surface area contributed by atoms with Crippen LogP contribution in [0.15, 0.2) is 54.6 Å². The molecule has 0 N–H and O–H groups in total. The predicted octanol–water partition coefficient (Wildman–Crippen LogP) is 5.39. The van der Waals surface area contributed by atoms with Gasteiger partial charge in [-0.3, -0.25) is 0 Å². The van der Waals surface area contributed by atoms with E-state index in [0.29, 0.717) is 0 Å². The topological polar surface area (TPSA) is 38.7 Å². The number of aryl methyl sites for hydroxylation is 2. The third-order valence-electron chi connectivity index (χ3n) is 5.37. The first-order chi connectivity index (χ1) is 13.3. The van der Waals surface area contributed by atoms with Crippen LogP contribution in [-0.2, 0) is 19.3 Å². The monoisotopic (exact) mass is 351 g/mol. The molecule has 0 bridgehead atoms. The fourth-order valence-corrected chi connectivity index (χ4v) is 4.03. The first kappa shape index (κ1) is 16.1. The summed E-state index contributed by atoms with van der Waals surface area (Å²) < 4.78 is 0. The average molecular weight is 351 g/mol. The molecule has 3 aromatic carbocycles. The van der Waals surface area contributed by atoms with E-state index in [2.05, 4.69) is 73.4 Å². The molecule has 27 heavy (non-hydrogen) atoms. The second-order valence-corrected chi connectivity index (χ2v) is 7.07. The molecule has 1 aromatic heterocycles. The maximum Gasteiger partial charge on any atom is 0.163 e. The van der Waals surface area contributed by atoms with Gasteiger partial charge in [-0.2, -0.15) is 0 Å². The van der Waals surface area contributed by atoms with Gasteiger partial charge in [-0.15, -0.1) is 0 Å². The van der Waals surface area contributed by atoms with Gasteiger partial charge in [0.05, 0.1) is 0 Å². The van der Waals surface area contributed by atoms with Crippen molar-refractivity contribution in [3.63, 3.8) is 0 Å². The lowest BCUT2D eigenvalue weighted by Gasteiger charge is -2.11. The molecule has 0 saturated heterocycles. The lowest BCUT2D eigenvalue weighted by molar-refractivity contribution is 0.831. The molecule has 0 amide bonds. The SMILES string of the molecule is CCc1nc(CC)nc(-c2cccc3c2-c2cc4ccccc4cc2C3)n1. The molecule has 0 radical (unpaired) electrons. The van der Waals surface area contributed by atoms with E-state index < -0.39 is 0 Å². The van der Waals surface area contributed by atoms with Gasteiger partial charge in [-0.1, -0.05) is 62.4 Å². The van der Waals surface area contributed by atoms with Crippen molar-refractivity contribution in [2.45, 2.75) is 33.1 Å². The Balaban J connectivity index is 1.76. The molecular weight excluding hydrogens is 330 g/mol. The summed E-state index contributed by atoms with van der Waals surface area (Å²) in [6.07, 6.45) is 2.60. The molecule has 4 aromatic rings. The van der Waals surface area contributed by atoms with E-state index in [1.807, 2.05) is 0 Å². The molecule has 1 heterocycles. The van der Waals surface area contributed by atoms with Gasteiger partial charge in [0.15, 0.2) is 5.82 Å². The Labute approximate surface area is 159 Å². The zero-order chi connectivity index (χ0) is 18.4. The first-order valence-electron chi connectivity index (χ1n) is 9.65. The summed E-state index contributed by atoms with van der Waals surface area (Å²) in [6.45, 7) is 4.19. The van der Waals surface area contributed by atoms with E-state index >= 15 is 0 Å². The summed E-state index contributed by atoms with van der Waals surface area (Å²) >= 11 is 0. The average Bonchev–Trinajstić information content (AvgIpc) is 3.09. The summed E-state index contributed by atoms with van der Waals surface area (Å²) in [5.74, 6) is 2.54. The molecule has 132 valence electrons. The van der Waals surface area contributed by atoms with Crippen molar-refractivity contribution in [2.75, 3.05) is 0 Å². The normalized spacial score (nSPS) is 12.2. The number of nitrogens with zero attached hydrogens (tertiary/aromatic N) is 3. The number of hydrogen-bond donors (Lipinski definition) is 0. The zero-order valence-electron chi connectivity index (χ0n) is 15.7. The van der Waals surface area contributed by atoms with Crippen LogP contribution in [0, 0.1) is 0 Å². The van der Waals surface area contributed by atoms with Crippen LogP contribution in [0.4, 0.5) is 0 Å². The molecule has 1 aliphatic carbocycles. The van der Waals surface area contributed by atoms with E-state index in [0.717, 1.165) is 42.3 Å². The number of hydrogen-bond acceptors (Lipinski definition) is 3. The van der Waals surface area contributed by atoms with Gasteiger partial charge in [-0.05, 0) is 45.5 Å². The second kappa shape index (κ2) is 6.27. The Kier molecular flexibility index (Phi) is 3.75. The van der Waals surface area contributed by atoms with Crippen molar-refractivity contribution < 1.29 is 0 Å². The molecule has 3 nitrogen and oxygen atoms in total. The molecule has 0 unspecified atom stereocenters. The molecule has 0 atom stereocenters. The Morgan fingerprint density at radius 1 is 0.704 bits per heavy atom. The molecule has 3 heteroatoms. The highest BCUT2D eigenvalue weighted by Gasteiger charge is 2.24. The van der Waals surface area contributed by atoms with Crippen LogP contribution in [0.25, 0.3) is 33.3 Å². The van der Waals surface area contributed by atoms with Crippen LogP contribution in [0.2, 0.25) is 0 Å². The Morgan fingerprint density at radius 2 is 1.41 bits per heavy atom. The van der Waals surface area contributed by atoms with Crippen molar-refractivity contribution >= 4 is 10.8 Å². The Hall–Kier alpha value is -3.07. The molecule has 5 rings (SSSR count). The Bertz CT molecular complexity index is 1160. The highest BCUT2D eigenvalue weighted by Crippen LogP contribution is 2.43. The zero-order valence-corrected chi connectivity index (χ0v) is 15.7. The van der Waals surface area contributed by atoms with E-state index in [-0.39, 0.29) is 0 Å². The molecule has 0 aliphatic heterocycles. The van der Waals surface area contributed by atoms with Crippen LogP contribution in [-0.4, -0.2) is 15.0 Å². The van der Waals surface area contributed by atoms with Crippen molar-refractivity contribution in [3.8, 4) is 22.5 Å². The second-order valence-electron chi connectivity index (χ2n) is 7.07. The standard InChI is InChI=1S/C24H21N3/c1-3-21-25-22(4-2)27-24(26-21)19-11-7-10-17-13-18-12-15-8-5-6-9-16(15)14-20(18)23(17)19/h5-12,14H,3-4,13H2,1-2H3. The van der Waals surface area contributed by atoms with Gasteiger partial charge in [0.2, 0.25) is 0 Å². The fraction of sp³-hybridized carbons (Fsp3) is 0.208. The highest BCUT2D eigenvalue weighted by atomic mass is 15.0. The van der Waals surface area contributed by atoms with Gasteiger partial charge in [0, 0.05) is 18.4 Å². The number of rotatable bonds is 3. The van der Waals surface area contributed by atoms with Crippen LogP contribution >= 0.6 is 0 Å². The van der Waals surface area contributed by atoms with Gasteiger partial charge in [-0.25, -0.2) is 15.0 Å². The summed E-state index contributed by atoms with van der Waals surface area (Å²) in [5.41, 5.74) is 6.46. The molecule has 0 fully saturated rings. The highest BCUT2D eigenvalue weighted by molar-refractivity contribution is 5.95. The van der Waals surface area contributed by atoms with Crippen molar-refractivity contribution in [3.05, 3.63) is 77.4 Å². The van der Waals surface area contributed by atoms with Gasteiger partial charge >= 0.3 is 0 Å². The molecular formula is C24H21N3. The van der Waals surface area contributed by atoms with E-state index in [1.165, 1.54) is 33.0 Å². The third kappa shape index (κ3) is 2.62. The third-order valence-corrected chi connectivity index (χ3v) is 5.37.